The highest BCUT2D eigenvalue weighted by molar-refractivity contribution is 6.04. The van der Waals surface area contributed by atoms with E-state index in [0.29, 0.717) is 17.2 Å². The van der Waals surface area contributed by atoms with Gasteiger partial charge in [0.05, 0.1) is 6.04 Å². The van der Waals surface area contributed by atoms with Crippen LogP contribution in [0.4, 0.5) is 0 Å². The van der Waals surface area contributed by atoms with Gasteiger partial charge in [0, 0.05) is 24.5 Å². The first-order valence-electron chi connectivity index (χ1n) is 9.17. The summed E-state index contributed by atoms with van der Waals surface area (Å²) in [6.07, 6.45) is 17.3. The summed E-state index contributed by atoms with van der Waals surface area (Å²) in [6.45, 7) is 13.8. The van der Waals surface area contributed by atoms with Gasteiger partial charge < -0.3 is 11.1 Å². The number of allylic oxidation sites excluding steroid dienone is 5. The first-order valence-corrected chi connectivity index (χ1v) is 9.17. The third kappa shape index (κ3) is 7.58. The lowest BCUT2D eigenvalue weighted by Crippen LogP contribution is -2.24. The topological polar surface area (TPSA) is 75.1 Å². The van der Waals surface area contributed by atoms with E-state index in [9.17, 15) is 0 Å². The highest BCUT2D eigenvalue weighted by Gasteiger charge is 2.14. The van der Waals surface area contributed by atoms with E-state index in [0.717, 1.165) is 12.1 Å². The van der Waals surface area contributed by atoms with Crippen molar-refractivity contribution in [1.82, 2.24) is 5.32 Å². The molecule has 0 aromatic heterocycles. The van der Waals surface area contributed by atoms with Crippen molar-refractivity contribution in [2.75, 3.05) is 7.05 Å². The number of nitrogens with two attached hydrogens (primary N) is 1. The van der Waals surface area contributed by atoms with Gasteiger partial charge in [-0.15, -0.1) is 0 Å². The van der Waals surface area contributed by atoms with Crippen LogP contribution in [0.2, 0.25) is 0 Å². The van der Waals surface area contributed by atoms with Crippen molar-refractivity contribution >= 4 is 17.9 Å². The van der Waals surface area contributed by atoms with Gasteiger partial charge in [0.15, 0.2) is 5.84 Å². The molecule has 0 fully saturated rings. The fourth-order valence-corrected chi connectivity index (χ4v) is 2.53. The lowest BCUT2D eigenvalue weighted by molar-refractivity contribution is 0.743. The Bertz CT molecular complexity index is 814. The third-order valence-corrected chi connectivity index (χ3v) is 4.00. The summed E-state index contributed by atoms with van der Waals surface area (Å²) in [5, 5.41) is 3.30. The zero-order valence-electron chi connectivity index (χ0n) is 17.3. The monoisotopic (exact) mass is 377 g/mol. The predicted molar refractivity (Wildman–Crippen MR) is 124 cm³/mol. The van der Waals surface area contributed by atoms with Gasteiger partial charge in [0.25, 0.3) is 0 Å². The van der Waals surface area contributed by atoms with Crippen LogP contribution in [0.15, 0.2) is 99.3 Å². The van der Waals surface area contributed by atoms with Crippen molar-refractivity contribution in [3.63, 3.8) is 0 Å². The van der Waals surface area contributed by atoms with Gasteiger partial charge in [-0.1, -0.05) is 37.0 Å². The Hall–Kier alpha value is -3.21. The van der Waals surface area contributed by atoms with Crippen LogP contribution in [0.3, 0.4) is 0 Å². The zero-order valence-corrected chi connectivity index (χ0v) is 17.3. The summed E-state index contributed by atoms with van der Waals surface area (Å²) >= 11 is 0. The van der Waals surface area contributed by atoms with Crippen molar-refractivity contribution < 1.29 is 0 Å². The molecule has 1 atom stereocenters. The molecule has 28 heavy (non-hydrogen) atoms. The van der Waals surface area contributed by atoms with E-state index in [4.69, 9.17) is 10.7 Å². The van der Waals surface area contributed by atoms with Crippen LogP contribution in [-0.2, 0) is 0 Å². The molecule has 5 heteroatoms. The summed E-state index contributed by atoms with van der Waals surface area (Å²) in [4.78, 5) is 13.2. The van der Waals surface area contributed by atoms with Gasteiger partial charge in [0.2, 0.25) is 0 Å². The Morgan fingerprint density at radius 3 is 2.61 bits per heavy atom. The van der Waals surface area contributed by atoms with Crippen LogP contribution in [0.5, 0.6) is 0 Å². The van der Waals surface area contributed by atoms with E-state index in [1.807, 2.05) is 25.2 Å². The van der Waals surface area contributed by atoms with Gasteiger partial charge >= 0.3 is 0 Å². The SMILES string of the molecule is C=C/C=C(\C=C/C(=C)C(N=CC)=NC)NC(C=CN)=NC1CC(C)=CC=C1C. The summed E-state index contributed by atoms with van der Waals surface area (Å²) in [5.41, 5.74) is 9.65. The third-order valence-electron chi connectivity index (χ3n) is 4.00. The average Bonchev–Trinajstić information content (AvgIpc) is 2.67. The first kappa shape index (κ1) is 22.8. The number of aliphatic imine (C=N–C) groups is 3. The molecule has 3 N–H and O–H groups in total. The smallest absolute Gasteiger partial charge is 0.153 e. The van der Waals surface area contributed by atoms with Crippen LogP contribution in [0.25, 0.3) is 0 Å². The molecule has 0 aliphatic heterocycles. The number of hydrogen-bond donors (Lipinski definition) is 2. The molecule has 0 aromatic carbocycles. The van der Waals surface area contributed by atoms with Crippen molar-refractivity contribution in [2.45, 2.75) is 33.2 Å². The lowest BCUT2D eigenvalue weighted by Gasteiger charge is -2.19. The van der Waals surface area contributed by atoms with E-state index >= 15 is 0 Å². The van der Waals surface area contributed by atoms with Crippen LogP contribution in [0.1, 0.15) is 27.2 Å². The molecule has 1 aliphatic carbocycles. The first-order chi connectivity index (χ1) is 13.4. The van der Waals surface area contributed by atoms with E-state index < -0.39 is 0 Å². The highest BCUT2D eigenvalue weighted by Crippen LogP contribution is 2.21. The molecule has 0 bridgehead atoms. The lowest BCUT2D eigenvalue weighted by atomic mass is 9.96. The van der Waals surface area contributed by atoms with Crippen molar-refractivity contribution in [1.29, 1.82) is 0 Å². The molecule has 0 saturated carbocycles. The van der Waals surface area contributed by atoms with Crippen LogP contribution in [0, 0.1) is 0 Å². The summed E-state index contributed by atoms with van der Waals surface area (Å²) in [7, 11) is 1.69. The molecule has 1 aliphatic rings. The van der Waals surface area contributed by atoms with Gasteiger partial charge in [-0.25, -0.2) is 4.99 Å². The Labute approximate surface area is 169 Å². The quantitative estimate of drug-likeness (QED) is 0.392. The predicted octanol–water partition coefficient (Wildman–Crippen LogP) is 4.41. The minimum absolute atomic E-state index is 0.0883. The fourth-order valence-electron chi connectivity index (χ4n) is 2.53. The average molecular weight is 378 g/mol. The van der Waals surface area contributed by atoms with E-state index in [1.165, 1.54) is 17.3 Å². The molecule has 5 nitrogen and oxygen atoms in total. The number of nitrogens with zero attached hydrogens (tertiary/aromatic N) is 3. The fraction of sp³-hybridized carbons (Fsp3) is 0.261. The van der Waals surface area contributed by atoms with E-state index in [1.54, 1.807) is 25.4 Å². The molecule has 0 spiro atoms. The van der Waals surface area contributed by atoms with Gasteiger partial charge in [0.1, 0.15) is 5.84 Å². The number of amidine groups is 2. The molecular formula is C23H31N5. The number of hydrogen-bond acceptors (Lipinski definition) is 3. The standard InChI is InChI=1S/C23H31N5/c1-7-9-20(13-12-19(5)23(25-6)26-8-2)27-22(14-15-24)28-21-16-17(3)10-11-18(21)4/h7-15,21H,1,5,16,24H2,2-4,6H3,(H,27,28)/b13-12-,15-14?,20-9+,25-23?,26-8?. The van der Waals surface area contributed by atoms with Crippen molar-refractivity contribution in [3.8, 4) is 0 Å². The van der Waals surface area contributed by atoms with Crippen molar-refractivity contribution in [3.05, 3.63) is 84.3 Å². The van der Waals surface area contributed by atoms with Crippen molar-refractivity contribution in [2.24, 2.45) is 20.7 Å². The highest BCUT2D eigenvalue weighted by atomic mass is 15.0. The zero-order chi connectivity index (χ0) is 20.9. The van der Waals surface area contributed by atoms with Crippen LogP contribution in [-0.4, -0.2) is 31.0 Å². The molecule has 0 saturated heterocycles. The second kappa shape index (κ2) is 12.2. The maximum Gasteiger partial charge on any atom is 0.153 e. The number of rotatable bonds is 7. The van der Waals surface area contributed by atoms with Crippen LogP contribution >= 0.6 is 0 Å². The Balaban J connectivity index is 3.05. The Morgan fingerprint density at radius 2 is 2.00 bits per heavy atom. The van der Waals surface area contributed by atoms with Gasteiger partial charge in [-0.3, -0.25) is 9.98 Å². The summed E-state index contributed by atoms with van der Waals surface area (Å²) in [5.74, 6) is 1.26. The summed E-state index contributed by atoms with van der Waals surface area (Å²) < 4.78 is 0. The van der Waals surface area contributed by atoms with E-state index in [-0.39, 0.29) is 6.04 Å². The molecule has 0 radical (unpaired) electrons. The minimum Gasteiger partial charge on any atom is -0.404 e. The second-order valence-corrected chi connectivity index (χ2v) is 6.29. The maximum atomic E-state index is 5.63. The van der Waals surface area contributed by atoms with Gasteiger partial charge in [-0.05, 0) is 63.3 Å². The normalized spacial score (nSPS) is 19.3. The Kier molecular flexibility index (Phi) is 9.97. The molecule has 1 rings (SSSR count). The maximum absolute atomic E-state index is 5.63. The molecule has 0 aromatic rings. The molecule has 0 amide bonds. The summed E-state index contributed by atoms with van der Waals surface area (Å²) in [6, 6.07) is 0.0883. The largest absolute Gasteiger partial charge is 0.404 e. The van der Waals surface area contributed by atoms with Crippen LogP contribution < -0.4 is 11.1 Å². The molecular weight excluding hydrogens is 346 g/mol. The minimum atomic E-state index is 0.0883. The molecule has 0 heterocycles. The molecule has 148 valence electrons. The van der Waals surface area contributed by atoms with Gasteiger partial charge in [-0.2, -0.15) is 0 Å². The van der Waals surface area contributed by atoms with E-state index in [2.05, 4.69) is 54.5 Å². The number of nitrogens with one attached hydrogen (secondary N) is 1. The second-order valence-electron chi connectivity index (χ2n) is 6.29. The molecule has 1 unspecified atom stereocenters. The Morgan fingerprint density at radius 1 is 1.25 bits per heavy atom.